The molecule has 1 heteroatoms. The van der Waals surface area contributed by atoms with Crippen molar-refractivity contribution in [2.45, 2.75) is 90.9 Å². The third-order valence-corrected chi connectivity index (χ3v) is 6.04. The SMILES string of the molecule is CCCCCCCCCCCCc1ccc2c([nH]c3ccccc32)c1CC. The molecule has 1 nitrogen and oxygen atoms in total. The maximum Gasteiger partial charge on any atom is 0.0500 e. The highest BCUT2D eigenvalue weighted by molar-refractivity contribution is 6.08. The predicted molar refractivity (Wildman–Crippen MR) is 121 cm³/mol. The molecule has 0 amide bonds. The molecule has 0 fully saturated rings. The smallest absolute Gasteiger partial charge is 0.0500 e. The van der Waals surface area contributed by atoms with Crippen LogP contribution in [0, 0.1) is 0 Å². The van der Waals surface area contributed by atoms with E-state index in [1.807, 2.05) is 0 Å². The number of aromatic amines is 1. The molecule has 1 N–H and O–H groups in total. The number of hydrogen-bond acceptors (Lipinski definition) is 0. The van der Waals surface area contributed by atoms with Gasteiger partial charge in [0.15, 0.2) is 0 Å². The van der Waals surface area contributed by atoms with E-state index < -0.39 is 0 Å². The Hall–Kier alpha value is -1.76. The highest BCUT2D eigenvalue weighted by atomic mass is 14.7. The number of benzene rings is 2. The summed E-state index contributed by atoms with van der Waals surface area (Å²) in [5.74, 6) is 0. The predicted octanol–water partition coefficient (Wildman–Crippen LogP) is 8.35. The van der Waals surface area contributed by atoms with Crippen LogP contribution in [0.4, 0.5) is 0 Å². The minimum absolute atomic E-state index is 1.11. The van der Waals surface area contributed by atoms with Gasteiger partial charge in [0.1, 0.15) is 0 Å². The lowest BCUT2D eigenvalue weighted by molar-refractivity contribution is 0.556. The Morgan fingerprint density at radius 1 is 0.667 bits per heavy atom. The molecular formula is C26H37N. The van der Waals surface area contributed by atoms with Gasteiger partial charge in [0.25, 0.3) is 0 Å². The monoisotopic (exact) mass is 363 g/mol. The Morgan fingerprint density at radius 2 is 1.33 bits per heavy atom. The minimum Gasteiger partial charge on any atom is -0.354 e. The van der Waals surface area contributed by atoms with E-state index >= 15 is 0 Å². The Labute approximate surface area is 165 Å². The summed E-state index contributed by atoms with van der Waals surface area (Å²) in [7, 11) is 0. The molecule has 0 unspecified atom stereocenters. The first kappa shape index (κ1) is 20.0. The van der Waals surface area contributed by atoms with E-state index in [1.165, 1.54) is 98.0 Å². The van der Waals surface area contributed by atoms with Crippen LogP contribution in [0.5, 0.6) is 0 Å². The summed E-state index contributed by atoms with van der Waals surface area (Å²) >= 11 is 0. The summed E-state index contributed by atoms with van der Waals surface area (Å²) in [6, 6.07) is 13.4. The van der Waals surface area contributed by atoms with Gasteiger partial charge in [-0.2, -0.15) is 0 Å². The molecule has 1 heterocycles. The fourth-order valence-electron chi connectivity index (χ4n) is 4.46. The second kappa shape index (κ2) is 10.5. The second-order valence-corrected chi connectivity index (χ2v) is 8.08. The first-order valence-electron chi connectivity index (χ1n) is 11.4. The average Bonchev–Trinajstić information content (AvgIpc) is 3.07. The van der Waals surface area contributed by atoms with E-state index in [4.69, 9.17) is 0 Å². The normalized spacial score (nSPS) is 11.6. The summed E-state index contributed by atoms with van der Waals surface area (Å²) in [5.41, 5.74) is 5.71. The van der Waals surface area contributed by atoms with Crippen LogP contribution < -0.4 is 0 Å². The highest BCUT2D eigenvalue weighted by Gasteiger charge is 2.10. The summed E-state index contributed by atoms with van der Waals surface area (Å²) in [5, 5.41) is 2.74. The second-order valence-electron chi connectivity index (χ2n) is 8.08. The Morgan fingerprint density at radius 3 is 2.04 bits per heavy atom. The van der Waals surface area contributed by atoms with Crippen molar-refractivity contribution in [3.63, 3.8) is 0 Å². The van der Waals surface area contributed by atoms with E-state index in [2.05, 4.69) is 55.2 Å². The lowest BCUT2D eigenvalue weighted by atomic mass is 9.96. The molecule has 0 spiro atoms. The summed E-state index contributed by atoms with van der Waals surface area (Å²) in [6.45, 7) is 4.59. The van der Waals surface area contributed by atoms with Crippen LogP contribution in [0.1, 0.15) is 89.2 Å². The van der Waals surface area contributed by atoms with Crippen LogP contribution in [0.15, 0.2) is 36.4 Å². The quantitative estimate of drug-likeness (QED) is 0.311. The van der Waals surface area contributed by atoms with Gasteiger partial charge in [0.05, 0.1) is 0 Å². The molecule has 0 saturated heterocycles. The van der Waals surface area contributed by atoms with Gasteiger partial charge in [0.2, 0.25) is 0 Å². The molecule has 0 aliphatic heterocycles. The molecule has 1 aromatic heterocycles. The van der Waals surface area contributed by atoms with Gasteiger partial charge in [-0.25, -0.2) is 0 Å². The summed E-state index contributed by atoms with van der Waals surface area (Å²) in [4.78, 5) is 3.68. The molecule has 146 valence electrons. The van der Waals surface area contributed by atoms with Crippen molar-refractivity contribution in [2.24, 2.45) is 0 Å². The number of aryl methyl sites for hydroxylation is 2. The number of hydrogen-bond donors (Lipinski definition) is 1. The van der Waals surface area contributed by atoms with Crippen LogP contribution in [0.25, 0.3) is 21.8 Å². The van der Waals surface area contributed by atoms with Gasteiger partial charge in [-0.05, 0) is 36.5 Å². The minimum atomic E-state index is 1.11. The highest BCUT2D eigenvalue weighted by Crippen LogP contribution is 2.30. The topological polar surface area (TPSA) is 15.8 Å². The standard InChI is InChI=1S/C26H37N/c1-3-5-6-7-8-9-10-11-12-13-16-21-19-20-24-23-17-14-15-18-25(23)27-26(24)22(21)4-2/h14-15,17-20,27H,3-13,16H2,1-2H3. The molecule has 0 bridgehead atoms. The van der Waals surface area contributed by atoms with Crippen molar-refractivity contribution in [2.75, 3.05) is 0 Å². The fourth-order valence-corrected chi connectivity index (χ4v) is 4.46. The molecule has 27 heavy (non-hydrogen) atoms. The third kappa shape index (κ3) is 5.15. The first-order chi connectivity index (χ1) is 13.3. The molecular weight excluding hydrogens is 326 g/mol. The zero-order chi connectivity index (χ0) is 18.9. The van der Waals surface area contributed by atoms with Gasteiger partial charge in [-0.1, -0.05) is 102 Å². The molecule has 0 radical (unpaired) electrons. The summed E-state index contributed by atoms with van der Waals surface area (Å²) in [6.07, 6.45) is 16.4. The molecule has 3 aromatic rings. The lowest BCUT2D eigenvalue weighted by Crippen LogP contribution is -1.95. The molecule has 2 aromatic carbocycles. The van der Waals surface area contributed by atoms with Crippen molar-refractivity contribution in [1.82, 2.24) is 4.98 Å². The molecule has 0 aliphatic rings. The van der Waals surface area contributed by atoms with Crippen molar-refractivity contribution in [3.05, 3.63) is 47.5 Å². The van der Waals surface area contributed by atoms with Crippen LogP contribution in [-0.4, -0.2) is 4.98 Å². The van der Waals surface area contributed by atoms with Gasteiger partial charge in [0, 0.05) is 21.8 Å². The third-order valence-electron chi connectivity index (χ3n) is 6.04. The van der Waals surface area contributed by atoms with E-state index in [9.17, 15) is 0 Å². The molecule has 0 atom stereocenters. The van der Waals surface area contributed by atoms with Gasteiger partial charge in [-0.15, -0.1) is 0 Å². The lowest BCUT2D eigenvalue weighted by Gasteiger charge is -2.10. The Balaban J connectivity index is 1.50. The van der Waals surface area contributed by atoms with Gasteiger partial charge >= 0.3 is 0 Å². The maximum absolute atomic E-state index is 3.68. The van der Waals surface area contributed by atoms with E-state index in [0.29, 0.717) is 0 Å². The van der Waals surface area contributed by atoms with Crippen molar-refractivity contribution >= 4 is 21.8 Å². The molecule has 3 rings (SSSR count). The number of unbranched alkanes of at least 4 members (excludes halogenated alkanes) is 9. The number of fused-ring (bicyclic) bond motifs is 3. The zero-order valence-corrected chi connectivity index (χ0v) is 17.4. The number of H-pyrrole nitrogens is 1. The largest absolute Gasteiger partial charge is 0.354 e. The maximum atomic E-state index is 3.68. The van der Waals surface area contributed by atoms with E-state index in [1.54, 1.807) is 5.56 Å². The zero-order valence-electron chi connectivity index (χ0n) is 17.4. The first-order valence-corrected chi connectivity index (χ1v) is 11.4. The van der Waals surface area contributed by atoms with Crippen molar-refractivity contribution in [1.29, 1.82) is 0 Å². The van der Waals surface area contributed by atoms with E-state index in [-0.39, 0.29) is 0 Å². The molecule has 0 aliphatic carbocycles. The average molecular weight is 364 g/mol. The number of para-hydroxylation sites is 1. The van der Waals surface area contributed by atoms with Gasteiger partial charge in [-0.3, -0.25) is 0 Å². The number of rotatable bonds is 12. The van der Waals surface area contributed by atoms with Gasteiger partial charge < -0.3 is 4.98 Å². The number of aromatic nitrogens is 1. The van der Waals surface area contributed by atoms with Crippen molar-refractivity contribution < 1.29 is 0 Å². The summed E-state index contributed by atoms with van der Waals surface area (Å²) < 4.78 is 0. The van der Waals surface area contributed by atoms with Crippen LogP contribution >= 0.6 is 0 Å². The van der Waals surface area contributed by atoms with E-state index in [0.717, 1.165) is 6.42 Å². The van der Waals surface area contributed by atoms with Crippen LogP contribution in [0.3, 0.4) is 0 Å². The fraction of sp³-hybridized carbons (Fsp3) is 0.538. The number of nitrogens with one attached hydrogen (secondary N) is 1. The van der Waals surface area contributed by atoms with Crippen LogP contribution in [-0.2, 0) is 12.8 Å². The Kier molecular flexibility index (Phi) is 7.80. The molecule has 0 saturated carbocycles. The van der Waals surface area contributed by atoms with Crippen molar-refractivity contribution in [3.8, 4) is 0 Å². The Bertz CT molecular complexity index is 827. The van der Waals surface area contributed by atoms with Crippen LogP contribution in [0.2, 0.25) is 0 Å².